The molecule has 18 heavy (non-hydrogen) atoms. The zero-order chi connectivity index (χ0) is 13.0. The van der Waals surface area contributed by atoms with Gasteiger partial charge in [-0.1, -0.05) is 18.2 Å². The van der Waals surface area contributed by atoms with Crippen molar-refractivity contribution >= 4 is 0 Å². The van der Waals surface area contributed by atoms with E-state index >= 15 is 0 Å². The number of methoxy groups -OCH3 is 1. The molecule has 1 aromatic carbocycles. The van der Waals surface area contributed by atoms with Gasteiger partial charge in [0.2, 0.25) is 0 Å². The van der Waals surface area contributed by atoms with Crippen LogP contribution in [0.1, 0.15) is 22.9 Å². The van der Waals surface area contributed by atoms with Gasteiger partial charge in [0.15, 0.2) is 0 Å². The molecule has 1 aromatic heterocycles. The van der Waals surface area contributed by atoms with Crippen molar-refractivity contribution in [3.05, 3.63) is 59.4 Å². The molecule has 3 N–H and O–H groups in total. The van der Waals surface area contributed by atoms with E-state index in [1.165, 1.54) is 0 Å². The summed E-state index contributed by atoms with van der Waals surface area (Å²) in [4.78, 5) is 4.36. The van der Waals surface area contributed by atoms with Crippen LogP contribution in [0.5, 0.6) is 5.75 Å². The van der Waals surface area contributed by atoms with E-state index < -0.39 is 0 Å². The molecule has 0 amide bonds. The number of ether oxygens (including phenoxy) is 1. The standard InChI is InChI=1S/C14H17N3O/c1-10-7-8-16-12(9-10)14(17-15)11-5-3-4-6-13(11)18-2/h3-9,14,17H,15H2,1-2H3. The third-order valence-corrected chi connectivity index (χ3v) is 2.85. The highest BCUT2D eigenvalue weighted by molar-refractivity contribution is 5.40. The van der Waals surface area contributed by atoms with E-state index in [2.05, 4.69) is 10.4 Å². The lowest BCUT2D eigenvalue weighted by molar-refractivity contribution is 0.403. The third-order valence-electron chi connectivity index (χ3n) is 2.85. The number of rotatable bonds is 4. The molecule has 0 aliphatic carbocycles. The van der Waals surface area contributed by atoms with Crippen molar-refractivity contribution in [2.75, 3.05) is 7.11 Å². The normalized spacial score (nSPS) is 12.2. The molecule has 1 atom stereocenters. The van der Waals surface area contributed by atoms with Gasteiger partial charge in [-0.25, -0.2) is 5.43 Å². The zero-order valence-corrected chi connectivity index (χ0v) is 10.6. The number of hydrazine groups is 1. The van der Waals surface area contributed by atoms with Crippen LogP contribution in [0.15, 0.2) is 42.6 Å². The minimum atomic E-state index is -0.180. The molecule has 0 saturated heterocycles. The van der Waals surface area contributed by atoms with Crippen LogP contribution >= 0.6 is 0 Å². The number of hydrogen-bond donors (Lipinski definition) is 2. The van der Waals surface area contributed by atoms with Crippen molar-refractivity contribution in [3.63, 3.8) is 0 Å². The fourth-order valence-corrected chi connectivity index (χ4v) is 1.96. The van der Waals surface area contributed by atoms with Crippen LogP contribution in [-0.2, 0) is 0 Å². The smallest absolute Gasteiger partial charge is 0.124 e. The van der Waals surface area contributed by atoms with Crippen LogP contribution in [-0.4, -0.2) is 12.1 Å². The van der Waals surface area contributed by atoms with E-state index in [9.17, 15) is 0 Å². The number of nitrogens with zero attached hydrogens (tertiary/aromatic N) is 1. The third kappa shape index (κ3) is 2.50. The Morgan fingerprint density at radius 2 is 2.06 bits per heavy atom. The zero-order valence-electron chi connectivity index (χ0n) is 10.6. The van der Waals surface area contributed by atoms with E-state index in [4.69, 9.17) is 10.6 Å². The summed E-state index contributed by atoms with van der Waals surface area (Å²) in [6.45, 7) is 2.03. The van der Waals surface area contributed by atoms with Crippen LogP contribution in [0.2, 0.25) is 0 Å². The molecule has 4 heteroatoms. The average molecular weight is 243 g/mol. The molecular formula is C14H17N3O. The second-order valence-electron chi connectivity index (χ2n) is 4.10. The largest absolute Gasteiger partial charge is 0.496 e. The second-order valence-corrected chi connectivity index (χ2v) is 4.10. The molecule has 2 rings (SSSR count). The summed E-state index contributed by atoms with van der Waals surface area (Å²) in [6.07, 6.45) is 1.78. The Labute approximate surface area is 107 Å². The van der Waals surface area contributed by atoms with E-state index in [0.717, 1.165) is 22.6 Å². The van der Waals surface area contributed by atoms with Gasteiger partial charge in [-0.3, -0.25) is 10.8 Å². The van der Waals surface area contributed by atoms with Gasteiger partial charge in [-0.2, -0.15) is 0 Å². The first-order valence-corrected chi connectivity index (χ1v) is 5.78. The van der Waals surface area contributed by atoms with E-state index in [1.54, 1.807) is 13.3 Å². The van der Waals surface area contributed by atoms with Gasteiger partial charge in [-0.15, -0.1) is 0 Å². The summed E-state index contributed by atoms with van der Waals surface area (Å²) in [5, 5.41) is 0. The Bertz CT molecular complexity index is 528. The number of nitrogens with one attached hydrogen (secondary N) is 1. The summed E-state index contributed by atoms with van der Waals surface area (Å²) in [5.74, 6) is 6.46. The first-order chi connectivity index (χ1) is 8.76. The number of aryl methyl sites for hydroxylation is 1. The van der Waals surface area contributed by atoms with Gasteiger partial charge in [-0.05, 0) is 30.7 Å². The van der Waals surface area contributed by atoms with Gasteiger partial charge in [0.05, 0.1) is 18.8 Å². The van der Waals surface area contributed by atoms with Gasteiger partial charge < -0.3 is 4.74 Å². The van der Waals surface area contributed by atoms with Crippen molar-refractivity contribution in [1.82, 2.24) is 10.4 Å². The topological polar surface area (TPSA) is 60.2 Å². The second kappa shape index (κ2) is 5.62. The van der Waals surface area contributed by atoms with Crippen LogP contribution in [0.4, 0.5) is 0 Å². The summed E-state index contributed by atoms with van der Waals surface area (Å²) >= 11 is 0. The minimum Gasteiger partial charge on any atom is -0.496 e. The first-order valence-electron chi connectivity index (χ1n) is 5.78. The van der Waals surface area contributed by atoms with E-state index in [1.807, 2.05) is 43.3 Å². The Morgan fingerprint density at radius 1 is 1.28 bits per heavy atom. The minimum absolute atomic E-state index is 0.180. The predicted molar refractivity (Wildman–Crippen MR) is 71.1 cm³/mol. The molecule has 0 saturated carbocycles. The monoisotopic (exact) mass is 243 g/mol. The lowest BCUT2D eigenvalue weighted by Gasteiger charge is -2.18. The maximum absolute atomic E-state index is 5.66. The van der Waals surface area contributed by atoms with E-state index in [0.29, 0.717) is 0 Å². The number of hydrogen-bond acceptors (Lipinski definition) is 4. The lowest BCUT2D eigenvalue weighted by Crippen LogP contribution is -2.29. The summed E-state index contributed by atoms with van der Waals surface area (Å²) < 4.78 is 5.36. The number of pyridine rings is 1. The fourth-order valence-electron chi connectivity index (χ4n) is 1.96. The maximum Gasteiger partial charge on any atom is 0.124 e. The highest BCUT2D eigenvalue weighted by atomic mass is 16.5. The van der Waals surface area contributed by atoms with Crippen molar-refractivity contribution in [3.8, 4) is 5.75 Å². The SMILES string of the molecule is COc1ccccc1C(NN)c1cc(C)ccn1. The van der Waals surface area contributed by atoms with Crippen LogP contribution < -0.4 is 16.0 Å². The summed E-state index contributed by atoms with van der Waals surface area (Å²) in [6, 6.07) is 11.6. The maximum atomic E-state index is 5.66. The van der Waals surface area contributed by atoms with E-state index in [-0.39, 0.29) is 6.04 Å². The molecule has 1 heterocycles. The number of aromatic nitrogens is 1. The van der Waals surface area contributed by atoms with Crippen molar-refractivity contribution in [2.24, 2.45) is 5.84 Å². The Balaban J connectivity index is 2.45. The molecule has 0 fully saturated rings. The molecule has 0 spiro atoms. The summed E-state index contributed by atoms with van der Waals surface area (Å²) in [5.41, 5.74) is 5.79. The Hall–Kier alpha value is -1.91. The van der Waals surface area contributed by atoms with Gasteiger partial charge in [0.1, 0.15) is 5.75 Å². The van der Waals surface area contributed by atoms with Crippen molar-refractivity contribution in [2.45, 2.75) is 13.0 Å². The van der Waals surface area contributed by atoms with Crippen LogP contribution in [0.3, 0.4) is 0 Å². The number of para-hydroxylation sites is 1. The lowest BCUT2D eigenvalue weighted by atomic mass is 10.0. The molecule has 94 valence electrons. The molecule has 0 aliphatic rings. The summed E-state index contributed by atoms with van der Waals surface area (Å²) in [7, 11) is 1.65. The molecule has 1 unspecified atom stereocenters. The molecule has 0 bridgehead atoms. The predicted octanol–water partition coefficient (Wildman–Crippen LogP) is 1.95. The quantitative estimate of drug-likeness (QED) is 0.636. The highest BCUT2D eigenvalue weighted by Crippen LogP contribution is 2.28. The first kappa shape index (κ1) is 12.5. The molecule has 0 radical (unpaired) electrons. The van der Waals surface area contributed by atoms with Gasteiger partial charge in [0, 0.05) is 11.8 Å². The molecule has 2 aromatic rings. The fraction of sp³-hybridized carbons (Fsp3) is 0.214. The van der Waals surface area contributed by atoms with Crippen molar-refractivity contribution < 1.29 is 4.74 Å². The van der Waals surface area contributed by atoms with Crippen molar-refractivity contribution in [1.29, 1.82) is 0 Å². The Morgan fingerprint density at radius 3 is 2.72 bits per heavy atom. The number of benzene rings is 1. The number of nitrogens with two attached hydrogens (primary N) is 1. The highest BCUT2D eigenvalue weighted by Gasteiger charge is 2.17. The van der Waals surface area contributed by atoms with Gasteiger partial charge in [0.25, 0.3) is 0 Å². The van der Waals surface area contributed by atoms with Crippen LogP contribution in [0.25, 0.3) is 0 Å². The molecular weight excluding hydrogens is 226 g/mol. The average Bonchev–Trinajstić information content (AvgIpc) is 2.40. The van der Waals surface area contributed by atoms with Gasteiger partial charge >= 0.3 is 0 Å². The van der Waals surface area contributed by atoms with Crippen LogP contribution in [0, 0.1) is 6.92 Å². The molecule has 4 nitrogen and oxygen atoms in total. The Kier molecular flexibility index (Phi) is 3.92. The molecule has 0 aliphatic heterocycles.